The van der Waals surface area contributed by atoms with Gasteiger partial charge in [-0.2, -0.15) is 8.78 Å². The van der Waals surface area contributed by atoms with Crippen molar-refractivity contribution in [3.63, 3.8) is 0 Å². The third kappa shape index (κ3) is 4.68. The molecule has 0 aromatic heterocycles. The monoisotopic (exact) mass is 435 g/mol. The Balaban J connectivity index is 3.18. The summed E-state index contributed by atoms with van der Waals surface area (Å²) < 4.78 is 56.3. The maximum Gasteiger partial charge on any atom is 0.339 e. The van der Waals surface area contributed by atoms with Crippen molar-refractivity contribution in [1.82, 2.24) is 4.72 Å². The number of hydrogen-bond acceptors (Lipinski definition) is 4. The van der Waals surface area contributed by atoms with Gasteiger partial charge in [-0.05, 0) is 46.0 Å². The number of aromatic carboxylic acids is 1. The molecular formula is C11H12F2INO5S. The Morgan fingerprint density at radius 3 is 2.62 bits per heavy atom. The van der Waals surface area contributed by atoms with Crippen molar-refractivity contribution in [1.29, 1.82) is 0 Å². The second kappa shape index (κ2) is 6.75. The number of carbonyl (C=O) groups is 1. The van der Waals surface area contributed by atoms with E-state index in [2.05, 4.69) is 4.51 Å². The number of rotatable bonds is 7. The molecule has 118 valence electrons. The van der Waals surface area contributed by atoms with Crippen LogP contribution in [-0.4, -0.2) is 41.6 Å². The first-order valence-electron chi connectivity index (χ1n) is 5.34. The second-order valence-electron chi connectivity index (χ2n) is 3.71. The highest BCUT2D eigenvalue weighted by molar-refractivity contribution is 14.2. The average Bonchev–Trinajstić information content (AvgIpc) is 2.44. The van der Waals surface area contributed by atoms with E-state index in [4.69, 9.17) is 9.84 Å². The molecule has 0 radical (unpaired) electrons. The predicted molar refractivity (Wildman–Crippen MR) is 81.2 cm³/mol. The van der Waals surface area contributed by atoms with Crippen molar-refractivity contribution < 1.29 is 31.8 Å². The maximum atomic E-state index is 13.1. The van der Waals surface area contributed by atoms with E-state index in [0.29, 0.717) is 0 Å². The molecule has 0 spiro atoms. The van der Waals surface area contributed by atoms with E-state index in [0.717, 1.165) is 18.2 Å². The number of sulfonamides is 1. The van der Waals surface area contributed by atoms with Crippen molar-refractivity contribution in [2.24, 2.45) is 0 Å². The Bertz CT molecular complexity index is 663. The Hall–Kier alpha value is -1.14. The fraction of sp³-hybridized carbons (Fsp3) is 0.273. The molecule has 1 aromatic carbocycles. The minimum absolute atomic E-state index is 0.300. The number of carboxylic acid groups (broad SMARTS) is 1. The van der Waals surface area contributed by atoms with Crippen LogP contribution in [0.4, 0.5) is 8.78 Å². The molecule has 1 rings (SSSR count). The van der Waals surface area contributed by atoms with E-state index in [9.17, 15) is 22.0 Å². The van der Waals surface area contributed by atoms with E-state index >= 15 is 0 Å². The molecule has 10 heteroatoms. The van der Waals surface area contributed by atoms with Crippen LogP contribution in [0.1, 0.15) is 10.4 Å². The summed E-state index contributed by atoms with van der Waals surface area (Å²) in [7, 11) is -2.68. The van der Waals surface area contributed by atoms with Crippen LogP contribution in [0.15, 0.2) is 23.1 Å². The summed E-state index contributed by atoms with van der Waals surface area (Å²) in [4.78, 5) is 10.8. The molecule has 21 heavy (non-hydrogen) atoms. The summed E-state index contributed by atoms with van der Waals surface area (Å²) in [6.07, 6.45) is 0. The summed E-state index contributed by atoms with van der Waals surface area (Å²) in [5, 5.41) is 9.03. The molecule has 0 aliphatic heterocycles. The van der Waals surface area contributed by atoms with Gasteiger partial charge in [-0.3, -0.25) is 0 Å². The molecule has 0 saturated carbocycles. The molecule has 1 aromatic rings. The topological polar surface area (TPSA) is 92.7 Å². The lowest BCUT2D eigenvalue weighted by Gasteiger charge is -2.14. The lowest BCUT2D eigenvalue weighted by Crippen LogP contribution is -2.21. The van der Waals surface area contributed by atoms with Crippen molar-refractivity contribution in [2.45, 2.75) is 8.82 Å². The molecule has 0 amide bonds. The summed E-state index contributed by atoms with van der Waals surface area (Å²) in [5.41, 5.74) is -0.510. The molecule has 0 bridgehead atoms. The average molecular weight is 435 g/mol. The van der Waals surface area contributed by atoms with Gasteiger partial charge >= 0.3 is 9.90 Å². The first-order valence-corrected chi connectivity index (χ1v) is 9.43. The lowest BCUT2D eigenvalue weighted by molar-refractivity contribution is 0.0597. The third-order valence-corrected chi connectivity index (χ3v) is 5.19. The molecule has 0 aliphatic carbocycles. The summed E-state index contributed by atoms with van der Waals surface area (Å²) >= 11 is -1.65. The molecule has 0 atom stereocenters. The summed E-state index contributed by atoms with van der Waals surface area (Å²) in [6, 6.07) is 2.96. The SMILES string of the molecule is C=IC(F)(F)COc1ccc(S(=O)(=O)NC)cc1C(=O)O. The zero-order chi connectivity index (χ0) is 16.3. The van der Waals surface area contributed by atoms with Gasteiger partial charge in [-0.15, -0.1) is 0 Å². The first kappa shape index (κ1) is 17.9. The fourth-order valence-corrected chi connectivity index (χ4v) is 2.42. The van der Waals surface area contributed by atoms with Gasteiger partial charge in [0.1, 0.15) is 11.3 Å². The zero-order valence-corrected chi connectivity index (χ0v) is 13.7. The molecule has 0 aliphatic rings. The number of halogens is 3. The van der Waals surface area contributed by atoms with E-state index in [1.165, 1.54) is 7.05 Å². The van der Waals surface area contributed by atoms with Crippen LogP contribution in [0, 0.1) is 0 Å². The van der Waals surface area contributed by atoms with Crippen LogP contribution in [-0.2, 0) is 10.0 Å². The molecule has 0 heterocycles. The molecule has 0 saturated heterocycles. The van der Waals surface area contributed by atoms with E-state index in [1.807, 2.05) is 4.72 Å². The molecule has 0 fully saturated rings. The van der Waals surface area contributed by atoms with Gasteiger partial charge in [-0.1, -0.05) is 4.51 Å². The maximum absolute atomic E-state index is 13.1. The lowest BCUT2D eigenvalue weighted by atomic mass is 10.2. The fourth-order valence-electron chi connectivity index (χ4n) is 1.29. The number of carboxylic acids is 1. The summed E-state index contributed by atoms with van der Waals surface area (Å²) in [6.45, 7) is -0.998. The minimum Gasteiger partial charge on any atom is -0.486 e. The van der Waals surface area contributed by atoms with Gasteiger partial charge in [0.15, 0.2) is 6.61 Å². The number of alkyl halides is 3. The number of benzene rings is 1. The van der Waals surface area contributed by atoms with Crippen LogP contribution in [0.3, 0.4) is 0 Å². The number of hydrogen-bond donors (Lipinski definition) is 2. The Morgan fingerprint density at radius 2 is 2.14 bits per heavy atom. The third-order valence-electron chi connectivity index (χ3n) is 2.35. The molecule has 6 nitrogen and oxygen atoms in total. The van der Waals surface area contributed by atoms with Gasteiger partial charge in [0.05, 0.1) is 4.90 Å². The quantitative estimate of drug-likeness (QED) is 0.502. The first-order chi connectivity index (χ1) is 9.63. The van der Waals surface area contributed by atoms with Crippen LogP contribution < -0.4 is 9.46 Å². The van der Waals surface area contributed by atoms with Crippen molar-refractivity contribution in [2.75, 3.05) is 13.7 Å². The van der Waals surface area contributed by atoms with Gasteiger partial charge in [-0.25, -0.2) is 17.9 Å². The largest absolute Gasteiger partial charge is 0.486 e. The normalized spacial score (nSPS) is 12.1. The number of nitrogens with one attached hydrogen (secondary N) is 1. The van der Waals surface area contributed by atoms with E-state index in [-0.39, 0.29) is 10.6 Å². The minimum atomic E-state index is -3.84. The zero-order valence-electron chi connectivity index (χ0n) is 10.8. The Kier molecular flexibility index (Phi) is 5.75. The predicted octanol–water partition coefficient (Wildman–Crippen LogP) is 1.67. The van der Waals surface area contributed by atoms with Crippen molar-refractivity contribution >= 4 is 41.2 Å². The van der Waals surface area contributed by atoms with Gasteiger partial charge in [0.2, 0.25) is 10.0 Å². The van der Waals surface area contributed by atoms with Crippen LogP contribution in [0.2, 0.25) is 0 Å². The van der Waals surface area contributed by atoms with E-state index in [1.54, 1.807) is 0 Å². The number of ether oxygens (including phenoxy) is 1. The van der Waals surface area contributed by atoms with Gasteiger partial charge < -0.3 is 9.84 Å². The van der Waals surface area contributed by atoms with E-state index < -0.39 is 52.8 Å². The van der Waals surface area contributed by atoms with Gasteiger partial charge in [0.25, 0.3) is 0 Å². The molecular weight excluding hydrogens is 423 g/mol. The van der Waals surface area contributed by atoms with Crippen LogP contribution in [0.25, 0.3) is 0 Å². The van der Waals surface area contributed by atoms with Crippen LogP contribution in [0.5, 0.6) is 5.75 Å². The summed E-state index contributed by atoms with van der Waals surface area (Å²) in [5.74, 6) is -1.81. The highest BCUT2D eigenvalue weighted by Gasteiger charge is 2.27. The van der Waals surface area contributed by atoms with Gasteiger partial charge in [0, 0.05) is 0 Å². The molecule has 2 N–H and O–H groups in total. The highest BCUT2D eigenvalue weighted by Crippen LogP contribution is 2.29. The standard InChI is InChI=1S/C11H12F2INO5S/c1-14-11(12,13)6-20-9-4-3-7(21(18,19)15-2)5-8(9)10(16)17/h3-5,15H,1,6H2,2H3,(H,16,17). The molecule has 0 unspecified atom stereocenters. The van der Waals surface area contributed by atoms with Crippen molar-refractivity contribution in [3.05, 3.63) is 23.8 Å². The highest BCUT2D eigenvalue weighted by atomic mass is 127. The Labute approximate surface area is 129 Å². The Morgan fingerprint density at radius 1 is 1.52 bits per heavy atom. The van der Waals surface area contributed by atoms with Crippen molar-refractivity contribution in [3.8, 4) is 5.75 Å². The second-order valence-corrected chi connectivity index (χ2v) is 7.94. The smallest absolute Gasteiger partial charge is 0.339 e. The van der Waals surface area contributed by atoms with Crippen LogP contribution >= 0.6 is 20.7 Å².